The van der Waals surface area contributed by atoms with Gasteiger partial charge in [-0.1, -0.05) is 20.8 Å². The Morgan fingerprint density at radius 3 is 2.08 bits per heavy atom. The fourth-order valence-electron chi connectivity index (χ4n) is 3.10. The Balaban J connectivity index is 2.14. The molecule has 1 heterocycles. The minimum Gasteiger partial charge on any atom is -0.497 e. The number of carbonyl (C=O) groups excluding carboxylic acids is 2. The molecule has 6 nitrogen and oxygen atoms in total. The number of benzene rings is 1. The first-order chi connectivity index (χ1) is 12.3. The molecule has 2 amide bonds. The highest BCUT2D eigenvalue weighted by atomic mass is 16.5. The van der Waals surface area contributed by atoms with E-state index in [0.29, 0.717) is 23.0 Å². The van der Waals surface area contributed by atoms with Crippen LogP contribution in [0.1, 0.15) is 44.0 Å². The zero-order valence-electron chi connectivity index (χ0n) is 16.4. The lowest BCUT2D eigenvalue weighted by Gasteiger charge is -2.34. The highest BCUT2D eigenvalue weighted by Gasteiger charge is 2.30. The number of carbonyl (C=O) groups is 2. The molecule has 1 fully saturated rings. The van der Waals surface area contributed by atoms with E-state index in [0.717, 1.165) is 25.9 Å². The molecule has 1 saturated heterocycles. The highest BCUT2D eigenvalue weighted by Crippen LogP contribution is 2.23. The molecule has 0 saturated carbocycles. The third-order valence-corrected chi connectivity index (χ3v) is 4.93. The Labute approximate surface area is 155 Å². The first-order valence-corrected chi connectivity index (χ1v) is 9.18. The predicted molar refractivity (Wildman–Crippen MR) is 101 cm³/mol. The smallest absolute Gasteiger partial charge is 0.252 e. The van der Waals surface area contributed by atoms with Crippen molar-refractivity contribution in [3.8, 4) is 11.5 Å². The van der Waals surface area contributed by atoms with Gasteiger partial charge < -0.3 is 19.7 Å². The fourth-order valence-corrected chi connectivity index (χ4v) is 3.10. The van der Waals surface area contributed by atoms with Gasteiger partial charge in [-0.2, -0.15) is 0 Å². The van der Waals surface area contributed by atoms with E-state index in [1.807, 2.05) is 18.7 Å². The van der Waals surface area contributed by atoms with Gasteiger partial charge in [0.1, 0.15) is 17.5 Å². The van der Waals surface area contributed by atoms with Gasteiger partial charge in [0.2, 0.25) is 5.91 Å². The topological polar surface area (TPSA) is 67.9 Å². The summed E-state index contributed by atoms with van der Waals surface area (Å²) in [5.41, 5.74) is 0.409. The van der Waals surface area contributed by atoms with Crippen LogP contribution in [0.15, 0.2) is 18.2 Å². The molecule has 2 rings (SSSR count). The first-order valence-electron chi connectivity index (χ1n) is 9.18. The quantitative estimate of drug-likeness (QED) is 0.845. The third kappa shape index (κ3) is 4.90. The molecule has 1 aromatic carbocycles. The maximum Gasteiger partial charge on any atom is 0.252 e. The summed E-state index contributed by atoms with van der Waals surface area (Å²) in [7, 11) is 3.07. The molecule has 0 aromatic heterocycles. The number of likely N-dealkylation sites (tertiary alicyclic amines) is 1. The van der Waals surface area contributed by atoms with Crippen LogP contribution in [-0.2, 0) is 4.79 Å². The number of ether oxygens (including phenoxy) is 2. The number of hydrogen-bond donors (Lipinski definition) is 1. The highest BCUT2D eigenvalue weighted by molar-refractivity contribution is 5.98. The molecule has 1 aliphatic rings. The number of amides is 2. The van der Waals surface area contributed by atoms with E-state index in [1.54, 1.807) is 18.2 Å². The molecule has 26 heavy (non-hydrogen) atoms. The predicted octanol–water partition coefficient (Wildman–Crippen LogP) is 2.72. The summed E-state index contributed by atoms with van der Waals surface area (Å²) in [6, 6.07) is 4.44. The van der Waals surface area contributed by atoms with E-state index in [2.05, 4.69) is 12.2 Å². The molecule has 0 radical (unpaired) electrons. The number of methoxy groups -OCH3 is 2. The van der Waals surface area contributed by atoms with Gasteiger partial charge in [0, 0.05) is 24.7 Å². The first kappa shape index (κ1) is 20.1. The van der Waals surface area contributed by atoms with Gasteiger partial charge in [0.25, 0.3) is 5.91 Å². The van der Waals surface area contributed by atoms with Crippen LogP contribution in [0, 0.1) is 11.8 Å². The monoisotopic (exact) mass is 362 g/mol. The second-order valence-corrected chi connectivity index (χ2v) is 7.30. The summed E-state index contributed by atoms with van der Waals surface area (Å²) in [4.78, 5) is 27.5. The Hall–Kier alpha value is -2.24. The number of nitrogens with one attached hydrogen (secondary N) is 1. The minimum absolute atomic E-state index is 0.00157. The van der Waals surface area contributed by atoms with Crippen LogP contribution in [0.3, 0.4) is 0 Å². The zero-order valence-corrected chi connectivity index (χ0v) is 16.4. The lowest BCUT2D eigenvalue weighted by Crippen LogP contribution is -2.52. The molecule has 1 aromatic rings. The van der Waals surface area contributed by atoms with Crippen molar-refractivity contribution in [3.05, 3.63) is 23.8 Å². The average Bonchev–Trinajstić information content (AvgIpc) is 2.65. The van der Waals surface area contributed by atoms with E-state index in [9.17, 15) is 9.59 Å². The van der Waals surface area contributed by atoms with E-state index < -0.39 is 6.04 Å². The van der Waals surface area contributed by atoms with E-state index >= 15 is 0 Å². The third-order valence-electron chi connectivity index (χ3n) is 4.93. The molecular weight excluding hydrogens is 332 g/mol. The number of piperidine rings is 1. The summed E-state index contributed by atoms with van der Waals surface area (Å²) in [6.45, 7) is 7.61. The number of hydrogen-bond acceptors (Lipinski definition) is 4. The average molecular weight is 362 g/mol. The largest absolute Gasteiger partial charge is 0.497 e. The van der Waals surface area contributed by atoms with Gasteiger partial charge in [0.15, 0.2) is 0 Å². The maximum absolute atomic E-state index is 12.9. The maximum atomic E-state index is 12.9. The van der Waals surface area contributed by atoms with Crippen LogP contribution >= 0.6 is 0 Å². The van der Waals surface area contributed by atoms with E-state index in [1.165, 1.54) is 14.2 Å². The molecule has 0 aliphatic carbocycles. The summed E-state index contributed by atoms with van der Waals surface area (Å²) in [5.74, 6) is 1.40. The van der Waals surface area contributed by atoms with Crippen LogP contribution in [0.25, 0.3) is 0 Å². The van der Waals surface area contributed by atoms with Gasteiger partial charge in [0.05, 0.1) is 14.2 Å². The van der Waals surface area contributed by atoms with Crippen molar-refractivity contribution >= 4 is 11.8 Å². The standard InChI is InChI=1S/C20H30N2O4/c1-13(2)18(20(24)22-8-6-14(3)7-9-22)21-19(23)15-10-16(25-4)12-17(11-15)26-5/h10-14,18H,6-9H2,1-5H3,(H,21,23)/t18-/m0/s1. The lowest BCUT2D eigenvalue weighted by molar-refractivity contribution is -0.135. The molecule has 144 valence electrons. The Morgan fingerprint density at radius 2 is 1.62 bits per heavy atom. The van der Waals surface area contributed by atoms with Gasteiger partial charge in [-0.3, -0.25) is 9.59 Å². The molecule has 0 bridgehead atoms. The van der Waals surface area contributed by atoms with Crippen molar-refractivity contribution < 1.29 is 19.1 Å². The fraction of sp³-hybridized carbons (Fsp3) is 0.600. The molecule has 0 spiro atoms. The lowest BCUT2D eigenvalue weighted by atomic mass is 9.96. The van der Waals surface area contributed by atoms with Crippen LogP contribution in [0.2, 0.25) is 0 Å². The van der Waals surface area contributed by atoms with Gasteiger partial charge in [-0.15, -0.1) is 0 Å². The van der Waals surface area contributed by atoms with Crippen molar-refractivity contribution in [1.29, 1.82) is 0 Å². The van der Waals surface area contributed by atoms with Crippen molar-refractivity contribution in [2.45, 2.75) is 39.7 Å². The Bertz CT molecular complexity index is 614. The van der Waals surface area contributed by atoms with E-state index in [4.69, 9.17) is 9.47 Å². The van der Waals surface area contributed by atoms with Crippen LogP contribution < -0.4 is 14.8 Å². The van der Waals surface area contributed by atoms with Gasteiger partial charge >= 0.3 is 0 Å². The molecule has 1 N–H and O–H groups in total. The van der Waals surface area contributed by atoms with Gasteiger partial charge in [-0.25, -0.2) is 0 Å². The second kappa shape index (κ2) is 8.92. The molecule has 1 atom stereocenters. The number of rotatable bonds is 6. The summed E-state index contributed by atoms with van der Waals surface area (Å²) in [6.07, 6.45) is 2.02. The normalized spacial score (nSPS) is 16.3. The molecule has 6 heteroatoms. The summed E-state index contributed by atoms with van der Waals surface area (Å²) in [5, 5.41) is 2.90. The van der Waals surface area contributed by atoms with Crippen LogP contribution in [0.4, 0.5) is 0 Å². The van der Waals surface area contributed by atoms with Crippen molar-refractivity contribution in [3.63, 3.8) is 0 Å². The SMILES string of the molecule is COc1cc(OC)cc(C(=O)N[C@H](C(=O)N2CCC(C)CC2)C(C)C)c1. The summed E-state index contributed by atoms with van der Waals surface area (Å²) < 4.78 is 10.4. The summed E-state index contributed by atoms with van der Waals surface area (Å²) >= 11 is 0. The minimum atomic E-state index is -0.548. The van der Waals surface area contributed by atoms with Crippen LogP contribution in [-0.4, -0.2) is 50.1 Å². The Morgan fingerprint density at radius 1 is 1.08 bits per heavy atom. The number of nitrogens with zero attached hydrogens (tertiary/aromatic N) is 1. The van der Waals surface area contributed by atoms with E-state index in [-0.39, 0.29) is 17.7 Å². The Kier molecular flexibility index (Phi) is 6.89. The second-order valence-electron chi connectivity index (χ2n) is 7.30. The molecule has 0 unspecified atom stereocenters. The van der Waals surface area contributed by atoms with Crippen LogP contribution in [0.5, 0.6) is 11.5 Å². The molecule has 1 aliphatic heterocycles. The van der Waals surface area contributed by atoms with Gasteiger partial charge in [-0.05, 0) is 36.8 Å². The van der Waals surface area contributed by atoms with Crippen molar-refractivity contribution in [1.82, 2.24) is 10.2 Å². The zero-order chi connectivity index (χ0) is 19.3. The van der Waals surface area contributed by atoms with Crippen molar-refractivity contribution in [2.75, 3.05) is 27.3 Å². The molecular formula is C20H30N2O4. The van der Waals surface area contributed by atoms with Crippen molar-refractivity contribution in [2.24, 2.45) is 11.8 Å².